The van der Waals surface area contributed by atoms with E-state index in [1.54, 1.807) is 19.1 Å². The summed E-state index contributed by atoms with van der Waals surface area (Å²) in [6, 6.07) is 3.39. The molecule has 17 heavy (non-hydrogen) atoms. The van der Waals surface area contributed by atoms with Crippen LogP contribution in [0.2, 0.25) is 0 Å². The molecular weight excluding hydrogens is 218 g/mol. The Morgan fingerprint density at radius 2 is 2.24 bits per heavy atom. The van der Waals surface area contributed by atoms with Gasteiger partial charge in [0.1, 0.15) is 5.56 Å². The van der Waals surface area contributed by atoms with Crippen LogP contribution in [-0.2, 0) is 4.74 Å². The van der Waals surface area contributed by atoms with Crippen molar-refractivity contribution < 1.29 is 14.3 Å². The second-order valence-corrected chi connectivity index (χ2v) is 3.24. The Kier molecular flexibility index (Phi) is 5.02. The highest BCUT2D eigenvalue weighted by Crippen LogP contribution is 2.17. The zero-order chi connectivity index (χ0) is 12.7. The van der Waals surface area contributed by atoms with E-state index in [1.807, 2.05) is 13.8 Å². The van der Waals surface area contributed by atoms with E-state index < -0.39 is 5.97 Å². The summed E-state index contributed by atoms with van der Waals surface area (Å²) in [5.74, 6) is 5.15. The monoisotopic (exact) mass is 233 g/mol. The van der Waals surface area contributed by atoms with E-state index in [0.29, 0.717) is 18.1 Å². The number of aromatic nitrogens is 1. The summed E-state index contributed by atoms with van der Waals surface area (Å²) in [5.41, 5.74) is 1.12. The highest BCUT2D eigenvalue weighted by molar-refractivity contribution is 5.91. The average Bonchev–Trinajstić information content (AvgIpc) is 2.30. The molecular formula is C13H15NO3. The third kappa shape index (κ3) is 3.80. The summed E-state index contributed by atoms with van der Waals surface area (Å²) in [5, 5.41) is 0. The molecule has 0 N–H and O–H groups in total. The first-order valence-electron chi connectivity index (χ1n) is 5.36. The molecule has 0 saturated carbocycles. The van der Waals surface area contributed by atoms with Crippen molar-refractivity contribution in [2.75, 3.05) is 13.2 Å². The lowest BCUT2D eigenvalue weighted by atomic mass is 10.2. The molecule has 0 unspecified atom stereocenters. The summed E-state index contributed by atoms with van der Waals surface area (Å²) in [6.07, 6.45) is 0. The minimum atomic E-state index is -0.469. The van der Waals surface area contributed by atoms with E-state index >= 15 is 0 Å². The van der Waals surface area contributed by atoms with E-state index in [1.165, 1.54) is 0 Å². The van der Waals surface area contributed by atoms with Gasteiger partial charge in [-0.1, -0.05) is 5.92 Å². The number of carbonyl (C=O) groups excluding carboxylic acids is 1. The maximum absolute atomic E-state index is 11.7. The fraction of sp³-hybridized carbons (Fsp3) is 0.385. The van der Waals surface area contributed by atoms with Gasteiger partial charge in [0.15, 0.2) is 6.61 Å². The first-order chi connectivity index (χ1) is 8.19. The van der Waals surface area contributed by atoms with E-state index in [0.717, 1.165) is 5.69 Å². The van der Waals surface area contributed by atoms with Gasteiger partial charge in [-0.2, -0.15) is 0 Å². The minimum Gasteiger partial charge on any atom is -0.477 e. The summed E-state index contributed by atoms with van der Waals surface area (Å²) in [4.78, 5) is 15.9. The molecule has 1 heterocycles. The maximum atomic E-state index is 11.7. The number of carbonyl (C=O) groups is 1. The highest BCUT2D eigenvalue weighted by atomic mass is 16.5. The summed E-state index contributed by atoms with van der Waals surface area (Å²) in [7, 11) is 0. The van der Waals surface area contributed by atoms with Crippen LogP contribution in [0, 0.1) is 18.8 Å². The number of esters is 1. The van der Waals surface area contributed by atoms with Crippen LogP contribution in [0.4, 0.5) is 0 Å². The van der Waals surface area contributed by atoms with Gasteiger partial charge >= 0.3 is 5.97 Å². The van der Waals surface area contributed by atoms with Crippen LogP contribution in [-0.4, -0.2) is 24.2 Å². The lowest BCUT2D eigenvalue weighted by molar-refractivity contribution is 0.0551. The Bertz CT molecular complexity index is 457. The molecule has 4 nitrogen and oxygen atoms in total. The molecule has 4 heteroatoms. The van der Waals surface area contributed by atoms with Crippen LogP contribution in [0.25, 0.3) is 0 Å². The molecule has 1 rings (SSSR count). The van der Waals surface area contributed by atoms with Gasteiger partial charge in [-0.25, -0.2) is 9.78 Å². The van der Waals surface area contributed by atoms with Gasteiger partial charge < -0.3 is 9.47 Å². The minimum absolute atomic E-state index is 0.0781. The number of nitrogens with zero attached hydrogens (tertiary/aromatic N) is 1. The molecule has 0 aliphatic heterocycles. The Morgan fingerprint density at radius 1 is 1.47 bits per heavy atom. The summed E-state index contributed by atoms with van der Waals surface area (Å²) < 4.78 is 10.3. The standard InChI is InChI=1S/C13H15NO3/c1-4-6-9-17-13(15)11-8-7-10(3)14-12(11)16-5-2/h7-8H,5,9H2,1-3H3. The van der Waals surface area contributed by atoms with E-state index in [9.17, 15) is 4.79 Å². The van der Waals surface area contributed by atoms with Gasteiger partial charge in [-0.3, -0.25) is 0 Å². The van der Waals surface area contributed by atoms with Crippen molar-refractivity contribution in [1.29, 1.82) is 0 Å². The van der Waals surface area contributed by atoms with Crippen molar-refractivity contribution in [1.82, 2.24) is 4.98 Å². The Morgan fingerprint density at radius 3 is 2.88 bits per heavy atom. The van der Waals surface area contributed by atoms with Crippen molar-refractivity contribution in [2.24, 2.45) is 0 Å². The van der Waals surface area contributed by atoms with Gasteiger partial charge in [-0.05, 0) is 32.9 Å². The highest BCUT2D eigenvalue weighted by Gasteiger charge is 2.15. The lowest BCUT2D eigenvalue weighted by Crippen LogP contribution is -2.10. The van der Waals surface area contributed by atoms with Crippen LogP contribution in [0.5, 0.6) is 5.88 Å². The largest absolute Gasteiger partial charge is 0.477 e. The molecule has 0 spiro atoms. The van der Waals surface area contributed by atoms with E-state index in [-0.39, 0.29) is 6.61 Å². The number of hydrogen-bond donors (Lipinski definition) is 0. The number of pyridine rings is 1. The maximum Gasteiger partial charge on any atom is 0.344 e. The van der Waals surface area contributed by atoms with Crippen molar-refractivity contribution >= 4 is 5.97 Å². The smallest absolute Gasteiger partial charge is 0.344 e. The molecule has 0 bridgehead atoms. The van der Waals surface area contributed by atoms with Crippen LogP contribution < -0.4 is 4.74 Å². The number of aryl methyl sites for hydroxylation is 1. The molecule has 0 aliphatic carbocycles. The molecule has 0 amide bonds. The average molecular weight is 233 g/mol. The number of ether oxygens (including phenoxy) is 2. The van der Waals surface area contributed by atoms with Gasteiger partial charge in [0.2, 0.25) is 5.88 Å². The van der Waals surface area contributed by atoms with Crippen molar-refractivity contribution in [3.8, 4) is 17.7 Å². The van der Waals surface area contributed by atoms with Crippen LogP contribution in [0.15, 0.2) is 12.1 Å². The first-order valence-corrected chi connectivity index (χ1v) is 5.36. The van der Waals surface area contributed by atoms with Gasteiger partial charge in [0, 0.05) is 5.69 Å². The Labute approximate surface area is 101 Å². The zero-order valence-electron chi connectivity index (χ0n) is 10.2. The van der Waals surface area contributed by atoms with Crippen molar-refractivity contribution in [3.05, 3.63) is 23.4 Å². The topological polar surface area (TPSA) is 48.4 Å². The third-order valence-electron chi connectivity index (χ3n) is 1.95. The number of rotatable bonds is 4. The van der Waals surface area contributed by atoms with Gasteiger partial charge in [0.25, 0.3) is 0 Å². The quantitative estimate of drug-likeness (QED) is 0.589. The predicted octanol–water partition coefficient (Wildman–Crippen LogP) is 1.97. The number of hydrogen-bond acceptors (Lipinski definition) is 4. The lowest BCUT2D eigenvalue weighted by Gasteiger charge is -2.08. The van der Waals surface area contributed by atoms with Crippen molar-refractivity contribution in [2.45, 2.75) is 20.8 Å². The van der Waals surface area contributed by atoms with Crippen LogP contribution >= 0.6 is 0 Å². The molecule has 0 aromatic carbocycles. The SMILES string of the molecule is CC#CCOC(=O)c1ccc(C)nc1OCC. The van der Waals surface area contributed by atoms with Crippen molar-refractivity contribution in [3.63, 3.8) is 0 Å². The fourth-order valence-electron chi connectivity index (χ4n) is 1.19. The summed E-state index contributed by atoms with van der Waals surface area (Å²) in [6.45, 7) is 5.88. The molecule has 1 aromatic heterocycles. The second kappa shape index (κ2) is 6.54. The fourth-order valence-corrected chi connectivity index (χ4v) is 1.19. The third-order valence-corrected chi connectivity index (χ3v) is 1.95. The normalized spacial score (nSPS) is 9.12. The Balaban J connectivity index is 2.86. The molecule has 0 radical (unpaired) electrons. The molecule has 0 aliphatic rings. The van der Waals surface area contributed by atoms with Gasteiger partial charge in [0.05, 0.1) is 6.61 Å². The van der Waals surface area contributed by atoms with E-state index in [4.69, 9.17) is 9.47 Å². The zero-order valence-corrected chi connectivity index (χ0v) is 10.2. The molecule has 90 valence electrons. The predicted molar refractivity (Wildman–Crippen MR) is 63.9 cm³/mol. The molecule has 0 atom stereocenters. The van der Waals surface area contributed by atoms with Gasteiger partial charge in [-0.15, -0.1) is 5.92 Å². The molecule has 1 aromatic rings. The van der Waals surface area contributed by atoms with E-state index in [2.05, 4.69) is 16.8 Å². The first kappa shape index (κ1) is 13.0. The summed E-state index contributed by atoms with van der Waals surface area (Å²) >= 11 is 0. The molecule has 0 saturated heterocycles. The molecule has 0 fully saturated rings. The van der Waals surface area contributed by atoms with Crippen LogP contribution in [0.3, 0.4) is 0 Å². The Hall–Kier alpha value is -2.02. The second-order valence-electron chi connectivity index (χ2n) is 3.24. The van der Waals surface area contributed by atoms with Crippen LogP contribution in [0.1, 0.15) is 29.9 Å².